The maximum absolute atomic E-state index is 12.2. The van der Waals surface area contributed by atoms with Gasteiger partial charge in [0.25, 0.3) is 5.56 Å². The third-order valence-corrected chi connectivity index (χ3v) is 4.77. The molecule has 0 aliphatic carbocycles. The SMILES string of the molecule is Cc1nn(-c2ccccc2)c(C)c1CNC(=O)C=Cc1cn(C)c(=O)n(C)c1=O. The minimum Gasteiger partial charge on any atom is -0.348 e. The summed E-state index contributed by atoms with van der Waals surface area (Å²) in [7, 11) is 2.95. The van der Waals surface area contributed by atoms with Crippen LogP contribution < -0.4 is 16.6 Å². The minimum atomic E-state index is -0.451. The Morgan fingerprint density at radius 3 is 2.52 bits per heavy atom. The molecular formula is C21H23N5O3. The zero-order chi connectivity index (χ0) is 21.1. The van der Waals surface area contributed by atoms with E-state index in [1.807, 2.05) is 48.9 Å². The van der Waals surface area contributed by atoms with Crippen LogP contribution in [0.15, 0.2) is 52.2 Å². The fraction of sp³-hybridized carbons (Fsp3) is 0.238. The Morgan fingerprint density at radius 2 is 1.83 bits per heavy atom. The molecule has 2 aromatic heterocycles. The molecule has 0 aliphatic rings. The highest BCUT2D eigenvalue weighted by molar-refractivity contribution is 5.91. The number of aromatic nitrogens is 4. The van der Waals surface area contributed by atoms with Crippen molar-refractivity contribution in [1.82, 2.24) is 24.2 Å². The number of hydrogen-bond donors (Lipinski definition) is 1. The summed E-state index contributed by atoms with van der Waals surface area (Å²) in [5, 5.41) is 7.38. The van der Waals surface area contributed by atoms with Gasteiger partial charge in [0.1, 0.15) is 0 Å². The van der Waals surface area contributed by atoms with Gasteiger partial charge in [-0.05, 0) is 32.1 Å². The van der Waals surface area contributed by atoms with Crippen LogP contribution >= 0.6 is 0 Å². The molecule has 1 amide bonds. The van der Waals surface area contributed by atoms with Crippen molar-refractivity contribution < 1.29 is 4.79 Å². The first-order chi connectivity index (χ1) is 13.8. The molecule has 0 bridgehead atoms. The first kappa shape index (κ1) is 20.1. The van der Waals surface area contributed by atoms with Gasteiger partial charge in [0.05, 0.1) is 16.9 Å². The average Bonchev–Trinajstić information content (AvgIpc) is 3.00. The van der Waals surface area contributed by atoms with Gasteiger partial charge in [-0.25, -0.2) is 9.48 Å². The monoisotopic (exact) mass is 393 g/mol. The highest BCUT2D eigenvalue weighted by atomic mass is 16.2. The van der Waals surface area contributed by atoms with Crippen LogP contribution in [0.4, 0.5) is 0 Å². The predicted molar refractivity (Wildman–Crippen MR) is 111 cm³/mol. The van der Waals surface area contributed by atoms with Gasteiger partial charge in [-0.2, -0.15) is 5.10 Å². The maximum atomic E-state index is 12.2. The van der Waals surface area contributed by atoms with Crippen molar-refractivity contribution in [3.8, 4) is 5.69 Å². The Morgan fingerprint density at radius 1 is 1.14 bits per heavy atom. The first-order valence-electron chi connectivity index (χ1n) is 9.12. The molecule has 2 heterocycles. The molecule has 0 saturated carbocycles. The molecule has 29 heavy (non-hydrogen) atoms. The second kappa shape index (κ2) is 8.14. The second-order valence-corrected chi connectivity index (χ2v) is 6.79. The van der Waals surface area contributed by atoms with E-state index in [4.69, 9.17) is 0 Å². The number of nitrogens with zero attached hydrogens (tertiary/aromatic N) is 4. The van der Waals surface area contributed by atoms with Crippen molar-refractivity contribution in [2.45, 2.75) is 20.4 Å². The van der Waals surface area contributed by atoms with Gasteiger partial charge in [0.15, 0.2) is 0 Å². The van der Waals surface area contributed by atoms with Crippen LogP contribution in [-0.4, -0.2) is 24.8 Å². The Bertz CT molecular complexity index is 1200. The quantitative estimate of drug-likeness (QED) is 0.660. The second-order valence-electron chi connectivity index (χ2n) is 6.79. The van der Waals surface area contributed by atoms with E-state index in [1.54, 1.807) is 7.05 Å². The number of hydrogen-bond acceptors (Lipinski definition) is 4. The summed E-state index contributed by atoms with van der Waals surface area (Å²) in [6.45, 7) is 4.18. The van der Waals surface area contributed by atoms with E-state index in [9.17, 15) is 14.4 Å². The van der Waals surface area contributed by atoms with E-state index in [2.05, 4.69) is 10.4 Å². The average molecular weight is 393 g/mol. The van der Waals surface area contributed by atoms with E-state index in [-0.39, 0.29) is 11.5 Å². The fourth-order valence-electron chi connectivity index (χ4n) is 3.10. The zero-order valence-electron chi connectivity index (χ0n) is 16.8. The Labute approximate surface area is 167 Å². The summed E-state index contributed by atoms with van der Waals surface area (Å²) in [5.74, 6) is -0.341. The third kappa shape index (κ3) is 4.11. The van der Waals surface area contributed by atoms with Gasteiger partial charge >= 0.3 is 5.69 Å². The Hall–Kier alpha value is -3.68. The smallest absolute Gasteiger partial charge is 0.330 e. The molecule has 0 fully saturated rings. The van der Waals surface area contributed by atoms with Crippen LogP contribution in [0.5, 0.6) is 0 Å². The topological polar surface area (TPSA) is 90.9 Å². The summed E-state index contributed by atoms with van der Waals surface area (Å²) >= 11 is 0. The Kier molecular flexibility index (Phi) is 5.63. The number of aryl methyl sites for hydroxylation is 2. The van der Waals surface area contributed by atoms with Gasteiger partial charge < -0.3 is 9.88 Å². The van der Waals surface area contributed by atoms with E-state index in [1.165, 1.54) is 30.0 Å². The number of amides is 1. The molecule has 0 unspecified atom stereocenters. The predicted octanol–water partition coefficient (Wildman–Crippen LogP) is 1.22. The van der Waals surface area contributed by atoms with Crippen molar-refractivity contribution in [2.24, 2.45) is 14.1 Å². The van der Waals surface area contributed by atoms with Crippen LogP contribution in [0.3, 0.4) is 0 Å². The van der Waals surface area contributed by atoms with Crippen LogP contribution in [0.25, 0.3) is 11.8 Å². The third-order valence-electron chi connectivity index (χ3n) is 4.77. The fourth-order valence-corrected chi connectivity index (χ4v) is 3.10. The van der Waals surface area contributed by atoms with Crippen molar-refractivity contribution in [2.75, 3.05) is 0 Å². The summed E-state index contributed by atoms with van der Waals surface area (Å²) in [4.78, 5) is 36.1. The molecule has 1 N–H and O–H groups in total. The van der Waals surface area contributed by atoms with Gasteiger partial charge in [-0.3, -0.25) is 14.2 Å². The summed E-state index contributed by atoms with van der Waals surface area (Å²) < 4.78 is 4.15. The molecule has 3 aromatic rings. The van der Waals surface area contributed by atoms with Gasteiger partial charge in [0.2, 0.25) is 5.91 Å². The number of para-hydroxylation sites is 1. The standard InChI is InChI=1S/C21H23N5O3/c1-14-18(15(2)26(23-14)17-8-6-5-7-9-17)12-22-19(27)11-10-16-13-24(3)21(29)25(4)20(16)28/h5-11,13H,12H2,1-4H3,(H,22,27). The minimum absolute atomic E-state index is 0.258. The zero-order valence-corrected chi connectivity index (χ0v) is 16.8. The Balaban J connectivity index is 1.74. The lowest BCUT2D eigenvalue weighted by Gasteiger charge is -2.06. The van der Waals surface area contributed by atoms with E-state index in [0.717, 1.165) is 27.2 Å². The molecule has 0 spiro atoms. The summed E-state index contributed by atoms with van der Waals surface area (Å²) in [6.07, 6.45) is 4.10. The summed E-state index contributed by atoms with van der Waals surface area (Å²) in [6, 6.07) is 9.78. The number of benzene rings is 1. The van der Waals surface area contributed by atoms with E-state index in [0.29, 0.717) is 6.54 Å². The molecule has 1 aromatic carbocycles. The van der Waals surface area contributed by atoms with E-state index >= 15 is 0 Å². The molecular weight excluding hydrogens is 370 g/mol. The molecule has 0 atom stereocenters. The molecule has 3 rings (SSSR count). The highest BCUT2D eigenvalue weighted by Gasteiger charge is 2.13. The molecule has 0 aliphatic heterocycles. The molecule has 0 saturated heterocycles. The highest BCUT2D eigenvalue weighted by Crippen LogP contribution is 2.17. The first-order valence-corrected chi connectivity index (χ1v) is 9.12. The van der Waals surface area contributed by atoms with Crippen molar-refractivity contribution in [3.63, 3.8) is 0 Å². The number of carbonyl (C=O) groups excluding carboxylic acids is 1. The number of carbonyl (C=O) groups is 1. The van der Waals surface area contributed by atoms with Crippen molar-refractivity contribution in [1.29, 1.82) is 0 Å². The van der Waals surface area contributed by atoms with Crippen molar-refractivity contribution >= 4 is 12.0 Å². The van der Waals surface area contributed by atoms with E-state index < -0.39 is 11.2 Å². The van der Waals surface area contributed by atoms with Crippen LogP contribution in [-0.2, 0) is 25.4 Å². The lowest BCUT2D eigenvalue weighted by molar-refractivity contribution is -0.116. The van der Waals surface area contributed by atoms with Crippen LogP contribution in [0.2, 0.25) is 0 Å². The van der Waals surface area contributed by atoms with Crippen LogP contribution in [0, 0.1) is 13.8 Å². The molecule has 0 radical (unpaired) electrons. The molecule has 8 heteroatoms. The lowest BCUT2D eigenvalue weighted by Crippen LogP contribution is -2.37. The number of nitrogens with one attached hydrogen (secondary N) is 1. The lowest BCUT2D eigenvalue weighted by atomic mass is 10.2. The maximum Gasteiger partial charge on any atom is 0.330 e. The van der Waals surface area contributed by atoms with Gasteiger partial charge in [-0.1, -0.05) is 18.2 Å². The van der Waals surface area contributed by atoms with Gasteiger partial charge in [0, 0.05) is 44.2 Å². The van der Waals surface area contributed by atoms with Crippen LogP contribution in [0.1, 0.15) is 22.5 Å². The normalized spacial score (nSPS) is 11.2. The molecule has 150 valence electrons. The summed E-state index contributed by atoms with van der Waals surface area (Å²) in [5.41, 5.74) is 3.07. The number of rotatable bonds is 5. The van der Waals surface area contributed by atoms with Crippen molar-refractivity contribution in [3.05, 3.63) is 86.0 Å². The van der Waals surface area contributed by atoms with Gasteiger partial charge in [-0.15, -0.1) is 0 Å². The molecule has 8 nitrogen and oxygen atoms in total. The largest absolute Gasteiger partial charge is 0.348 e.